The van der Waals surface area contributed by atoms with Crippen LogP contribution in [0, 0.1) is 0 Å². The lowest BCUT2D eigenvalue weighted by atomic mass is 10.9. The second-order valence-electron chi connectivity index (χ2n) is 1.81. The Morgan fingerprint density at radius 2 is 1.55 bits per heavy atom. The molecule has 0 aliphatic carbocycles. The molecule has 0 fully saturated rings. The van der Waals surface area contributed by atoms with Gasteiger partial charge in [0.25, 0.3) is 0 Å². The van der Waals surface area contributed by atoms with E-state index in [-0.39, 0.29) is 17.1 Å². The summed E-state index contributed by atoms with van der Waals surface area (Å²) in [6.45, 7) is 2.38. The molecule has 0 rings (SSSR count). The molecular weight excluding hydrogens is 168 g/mol. The minimum Gasteiger partial charge on any atom is -0.550 e. The van der Waals surface area contributed by atoms with E-state index in [1.807, 2.05) is 12.5 Å². The first-order chi connectivity index (χ1) is 4.86. The fourth-order valence-corrected chi connectivity index (χ4v) is 0.704. The summed E-state index contributed by atoms with van der Waals surface area (Å²) in [4.78, 5) is 18.9. The molecule has 0 radical (unpaired) electrons. The summed E-state index contributed by atoms with van der Waals surface area (Å²) in [5.74, 6) is -1.28. The molecule has 0 saturated carbocycles. The molecule has 0 spiro atoms. The van der Waals surface area contributed by atoms with E-state index in [2.05, 4.69) is 4.18 Å². The van der Waals surface area contributed by atoms with E-state index in [1.54, 1.807) is 0 Å². The normalized spacial score (nSPS) is 8.09. The SMILES string of the molecule is CC(=O)O[S+](C)C.CC(=O)[O-]. The molecule has 0 atom stereocenters. The van der Waals surface area contributed by atoms with Crippen LogP contribution in [0.4, 0.5) is 0 Å². The second kappa shape index (κ2) is 7.40. The topological polar surface area (TPSA) is 66.4 Å². The molecule has 5 heteroatoms. The van der Waals surface area contributed by atoms with Crippen molar-refractivity contribution in [3.8, 4) is 0 Å². The van der Waals surface area contributed by atoms with Crippen LogP contribution in [-0.4, -0.2) is 24.5 Å². The Morgan fingerprint density at radius 3 is 1.55 bits per heavy atom. The molecule has 0 heterocycles. The smallest absolute Gasteiger partial charge is 0.361 e. The Hall–Kier alpha value is -0.710. The molecule has 0 saturated heterocycles. The highest BCUT2D eigenvalue weighted by Gasteiger charge is 2.05. The van der Waals surface area contributed by atoms with Crippen LogP contribution in [0.25, 0.3) is 0 Å². The molecule has 0 aromatic heterocycles. The van der Waals surface area contributed by atoms with Crippen molar-refractivity contribution in [3.63, 3.8) is 0 Å². The average Bonchev–Trinajstić information content (AvgIpc) is 1.56. The number of hydrogen-bond donors (Lipinski definition) is 0. The van der Waals surface area contributed by atoms with Gasteiger partial charge >= 0.3 is 5.97 Å². The van der Waals surface area contributed by atoms with Gasteiger partial charge in [0.1, 0.15) is 12.5 Å². The van der Waals surface area contributed by atoms with Gasteiger partial charge in [-0.25, -0.2) is 8.98 Å². The number of carboxylic acid groups (broad SMARTS) is 1. The predicted octanol–water partition coefficient (Wildman–Crippen LogP) is -0.901. The third-order valence-electron chi connectivity index (χ3n) is 0.284. The van der Waals surface area contributed by atoms with Crippen LogP contribution in [0.15, 0.2) is 0 Å². The third-order valence-corrected chi connectivity index (χ3v) is 0.852. The largest absolute Gasteiger partial charge is 0.550 e. The van der Waals surface area contributed by atoms with Crippen LogP contribution in [0.2, 0.25) is 0 Å². The number of hydrogen-bond acceptors (Lipinski definition) is 4. The Kier molecular flexibility index (Phi) is 8.69. The molecule has 0 aliphatic rings. The van der Waals surface area contributed by atoms with E-state index in [0.29, 0.717) is 0 Å². The summed E-state index contributed by atoms with van der Waals surface area (Å²) < 4.78 is 4.64. The molecule has 0 unspecified atom stereocenters. The summed E-state index contributed by atoms with van der Waals surface area (Å²) in [5, 5.41) is 8.89. The predicted molar refractivity (Wildman–Crippen MR) is 41.7 cm³/mol. The van der Waals surface area contributed by atoms with E-state index >= 15 is 0 Å². The maximum Gasteiger partial charge on any atom is 0.361 e. The van der Waals surface area contributed by atoms with Crippen LogP contribution in [-0.2, 0) is 24.9 Å². The van der Waals surface area contributed by atoms with Gasteiger partial charge in [-0.15, -0.1) is 0 Å². The molecule has 0 bridgehead atoms. The van der Waals surface area contributed by atoms with Gasteiger partial charge in [-0.3, -0.25) is 0 Å². The molecule has 0 aromatic carbocycles. The molecular formula is C6H12O4S. The fourth-order valence-electron chi connectivity index (χ4n) is 0.235. The van der Waals surface area contributed by atoms with Crippen molar-refractivity contribution in [2.45, 2.75) is 13.8 Å². The molecule has 0 N–H and O–H groups in total. The van der Waals surface area contributed by atoms with E-state index in [9.17, 15) is 4.79 Å². The molecule has 4 nitrogen and oxygen atoms in total. The summed E-state index contributed by atoms with van der Waals surface area (Å²) >= 11 is -0.195. The van der Waals surface area contributed by atoms with Crippen molar-refractivity contribution in [2.75, 3.05) is 12.5 Å². The van der Waals surface area contributed by atoms with E-state index in [0.717, 1.165) is 6.92 Å². The lowest BCUT2D eigenvalue weighted by Gasteiger charge is -1.88. The number of carbonyl (C=O) groups excluding carboxylic acids is 2. The van der Waals surface area contributed by atoms with Crippen molar-refractivity contribution in [2.24, 2.45) is 0 Å². The van der Waals surface area contributed by atoms with Crippen LogP contribution in [0.3, 0.4) is 0 Å². The van der Waals surface area contributed by atoms with Crippen molar-refractivity contribution in [3.05, 3.63) is 0 Å². The molecule has 66 valence electrons. The molecule has 0 aromatic rings. The number of aliphatic carboxylic acids is 1. The highest BCUT2D eigenvalue weighted by atomic mass is 32.2. The van der Waals surface area contributed by atoms with Gasteiger partial charge in [-0.2, -0.15) is 0 Å². The second-order valence-corrected chi connectivity index (χ2v) is 3.46. The average molecular weight is 180 g/mol. The van der Waals surface area contributed by atoms with Gasteiger partial charge in [-0.1, -0.05) is 0 Å². The summed E-state index contributed by atoms with van der Waals surface area (Å²) in [6.07, 6.45) is 3.70. The highest BCUT2D eigenvalue weighted by Crippen LogP contribution is 1.85. The van der Waals surface area contributed by atoms with Crippen molar-refractivity contribution >= 4 is 23.1 Å². The Bertz CT molecular complexity index is 129. The van der Waals surface area contributed by atoms with Crippen molar-refractivity contribution in [1.82, 2.24) is 0 Å². The number of carboxylic acids is 1. The molecule has 0 amide bonds. The van der Waals surface area contributed by atoms with Crippen LogP contribution < -0.4 is 5.11 Å². The van der Waals surface area contributed by atoms with E-state index in [1.165, 1.54) is 6.92 Å². The fraction of sp³-hybridized carbons (Fsp3) is 0.667. The van der Waals surface area contributed by atoms with Crippen LogP contribution >= 0.6 is 0 Å². The van der Waals surface area contributed by atoms with Gasteiger partial charge in [0, 0.05) is 12.9 Å². The van der Waals surface area contributed by atoms with Gasteiger partial charge in [-0.05, 0) is 6.92 Å². The van der Waals surface area contributed by atoms with Gasteiger partial charge in [0.15, 0.2) is 11.2 Å². The van der Waals surface area contributed by atoms with E-state index < -0.39 is 5.97 Å². The number of rotatable bonds is 1. The summed E-state index contributed by atoms with van der Waals surface area (Å²) in [6, 6.07) is 0. The molecule has 0 aliphatic heterocycles. The zero-order valence-corrected chi connectivity index (χ0v) is 7.86. The Labute approximate surface area is 69.1 Å². The third kappa shape index (κ3) is 45.6. The van der Waals surface area contributed by atoms with Crippen molar-refractivity contribution < 1.29 is 18.9 Å². The standard InChI is InChI=1S/C4H9O2S.C2H4O2/c1-4(5)6-7(2)3;1-2(3)4/h1-3H3;1H3,(H,3,4)/q+1;/p-1. The van der Waals surface area contributed by atoms with Gasteiger partial charge < -0.3 is 9.90 Å². The Balaban J connectivity index is 0. The maximum absolute atomic E-state index is 10.0. The van der Waals surface area contributed by atoms with Crippen molar-refractivity contribution in [1.29, 1.82) is 0 Å². The monoisotopic (exact) mass is 180 g/mol. The van der Waals surface area contributed by atoms with Crippen LogP contribution in [0.5, 0.6) is 0 Å². The maximum atomic E-state index is 10.0. The summed E-state index contributed by atoms with van der Waals surface area (Å²) in [5.41, 5.74) is 0. The highest BCUT2D eigenvalue weighted by molar-refractivity contribution is 7.91. The summed E-state index contributed by atoms with van der Waals surface area (Å²) in [7, 11) is 0. The Morgan fingerprint density at radius 1 is 1.27 bits per heavy atom. The van der Waals surface area contributed by atoms with E-state index in [4.69, 9.17) is 9.90 Å². The first-order valence-electron chi connectivity index (χ1n) is 2.80. The number of carbonyl (C=O) groups is 2. The molecule has 11 heavy (non-hydrogen) atoms. The van der Waals surface area contributed by atoms with Gasteiger partial charge in [0.2, 0.25) is 0 Å². The first kappa shape index (κ1) is 12.9. The van der Waals surface area contributed by atoms with Gasteiger partial charge in [0.05, 0.1) is 0 Å². The minimum absolute atomic E-state index is 0.195. The zero-order valence-electron chi connectivity index (χ0n) is 7.04. The van der Waals surface area contributed by atoms with Crippen LogP contribution in [0.1, 0.15) is 13.8 Å². The minimum atomic E-state index is -1.08. The lowest BCUT2D eigenvalue weighted by molar-refractivity contribution is -0.302. The quantitative estimate of drug-likeness (QED) is 0.490. The first-order valence-corrected chi connectivity index (χ1v) is 4.77. The lowest BCUT2D eigenvalue weighted by Crippen LogP contribution is -2.16. The zero-order chi connectivity index (χ0) is 9.44.